The molecule has 0 rings (SSSR count). The SMILES string of the molecule is CC[Si](O)(CC)N(C(=O)C(F)(F)F)[Si](O)(CC)CC. The third-order valence-electron chi connectivity index (χ3n) is 3.54. The molecule has 0 heterocycles. The Hall–Kier alpha value is -0.386. The van der Waals surface area contributed by atoms with Crippen molar-refractivity contribution in [1.82, 2.24) is 4.23 Å². The standard InChI is InChI=1S/C10H22F3NO3Si2/c1-5-18(16,6-2)14(9(15)10(11,12)13)19(17,7-3)8-4/h16-17H,5-8H2,1-4H3. The molecule has 0 unspecified atom stereocenters. The molecule has 0 aliphatic heterocycles. The molecule has 0 saturated heterocycles. The molecule has 0 bridgehead atoms. The van der Waals surface area contributed by atoms with Crippen LogP contribution in [0.3, 0.4) is 0 Å². The molecule has 0 aromatic heterocycles. The summed E-state index contributed by atoms with van der Waals surface area (Å²) >= 11 is 0. The average molecular weight is 317 g/mol. The zero-order valence-corrected chi connectivity index (χ0v) is 13.7. The lowest BCUT2D eigenvalue weighted by atomic mass is 10.6. The van der Waals surface area contributed by atoms with Crippen LogP contribution in [0.25, 0.3) is 0 Å². The molecular formula is C10H22F3NO3Si2. The number of halogens is 3. The van der Waals surface area contributed by atoms with Gasteiger partial charge in [-0.15, -0.1) is 0 Å². The van der Waals surface area contributed by atoms with Crippen molar-refractivity contribution in [2.45, 2.75) is 58.0 Å². The first-order valence-electron chi connectivity index (χ1n) is 6.38. The smallest absolute Gasteiger partial charge is 0.415 e. The fourth-order valence-electron chi connectivity index (χ4n) is 2.02. The quantitative estimate of drug-likeness (QED) is 0.739. The lowest BCUT2D eigenvalue weighted by Crippen LogP contribution is -2.71. The highest BCUT2D eigenvalue weighted by molar-refractivity contribution is 6.89. The van der Waals surface area contributed by atoms with Crippen LogP contribution in [0.15, 0.2) is 0 Å². The van der Waals surface area contributed by atoms with Crippen LogP contribution >= 0.6 is 0 Å². The second kappa shape index (κ2) is 6.38. The minimum Gasteiger partial charge on any atom is -0.415 e. The molecule has 0 radical (unpaired) electrons. The average Bonchev–Trinajstić information content (AvgIpc) is 2.36. The van der Waals surface area contributed by atoms with Gasteiger partial charge in [-0.2, -0.15) is 13.2 Å². The maximum atomic E-state index is 12.7. The van der Waals surface area contributed by atoms with E-state index >= 15 is 0 Å². The molecular weight excluding hydrogens is 295 g/mol. The minimum atomic E-state index is -5.07. The number of alkyl halides is 3. The van der Waals surface area contributed by atoms with Crippen LogP contribution in [-0.4, -0.2) is 42.9 Å². The van der Waals surface area contributed by atoms with Crippen molar-refractivity contribution in [2.24, 2.45) is 0 Å². The Kier molecular flexibility index (Phi) is 6.25. The van der Waals surface area contributed by atoms with E-state index in [-0.39, 0.29) is 24.2 Å². The highest BCUT2D eigenvalue weighted by Gasteiger charge is 2.57. The van der Waals surface area contributed by atoms with E-state index in [0.29, 0.717) is 4.23 Å². The van der Waals surface area contributed by atoms with Crippen molar-refractivity contribution in [3.63, 3.8) is 0 Å². The third-order valence-corrected chi connectivity index (χ3v) is 12.6. The van der Waals surface area contributed by atoms with Crippen molar-refractivity contribution < 1.29 is 27.6 Å². The predicted octanol–water partition coefficient (Wildman–Crippen LogP) is 2.33. The van der Waals surface area contributed by atoms with Gasteiger partial charge in [-0.05, 0) is 24.2 Å². The van der Waals surface area contributed by atoms with Gasteiger partial charge in [0.25, 0.3) is 17.0 Å². The number of hydrogen-bond acceptors (Lipinski definition) is 3. The topological polar surface area (TPSA) is 60.8 Å². The lowest BCUT2D eigenvalue weighted by Gasteiger charge is -2.45. The predicted molar refractivity (Wildman–Crippen MR) is 70.8 cm³/mol. The summed E-state index contributed by atoms with van der Waals surface area (Å²) in [5, 5.41) is 0. The van der Waals surface area contributed by atoms with Crippen molar-refractivity contribution >= 4 is 22.9 Å². The fourth-order valence-corrected chi connectivity index (χ4v) is 10.3. The first-order chi connectivity index (χ1) is 8.52. The summed E-state index contributed by atoms with van der Waals surface area (Å²) in [5.74, 6) is -2.09. The van der Waals surface area contributed by atoms with Crippen molar-refractivity contribution in [3.05, 3.63) is 0 Å². The van der Waals surface area contributed by atoms with E-state index in [2.05, 4.69) is 0 Å². The number of amides is 1. The van der Waals surface area contributed by atoms with Crippen molar-refractivity contribution in [1.29, 1.82) is 0 Å². The van der Waals surface area contributed by atoms with Crippen LogP contribution in [0.1, 0.15) is 27.7 Å². The monoisotopic (exact) mass is 317 g/mol. The third kappa shape index (κ3) is 3.80. The summed E-state index contributed by atoms with van der Waals surface area (Å²) in [6, 6.07) is 0.280. The largest absolute Gasteiger partial charge is 0.469 e. The van der Waals surface area contributed by atoms with Crippen LogP contribution in [0.4, 0.5) is 13.2 Å². The Morgan fingerprint density at radius 3 is 1.37 bits per heavy atom. The zero-order chi connectivity index (χ0) is 15.5. The number of carbonyl (C=O) groups is 1. The first-order valence-corrected chi connectivity index (χ1v) is 11.0. The van der Waals surface area contributed by atoms with Crippen LogP contribution in [0.2, 0.25) is 24.2 Å². The highest BCUT2D eigenvalue weighted by atomic mass is 28.4. The Balaban J connectivity index is 5.83. The normalized spacial score (nSPS) is 13.5. The Morgan fingerprint density at radius 1 is 0.947 bits per heavy atom. The second-order valence-corrected chi connectivity index (χ2v) is 12.6. The molecule has 0 spiro atoms. The fraction of sp³-hybridized carbons (Fsp3) is 0.900. The number of nitrogens with zero attached hydrogens (tertiary/aromatic N) is 1. The molecule has 2 N–H and O–H groups in total. The van der Waals surface area contributed by atoms with Crippen LogP contribution in [0, 0.1) is 0 Å². The second-order valence-electron chi connectivity index (χ2n) is 4.52. The van der Waals surface area contributed by atoms with E-state index in [1.807, 2.05) is 0 Å². The number of carbonyl (C=O) groups excluding carboxylic acids is 1. The van der Waals surface area contributed by atoms with E-state index < -0.39 is 29.0 Å². The minimum absolute atomic E-state index is 0.0701. The first kappa shape index (κ1) is 18.6. The number of rotatable bonds is 6. The highest BCUT2D eigenvalue weighted by Crippen LogP contribution is 2.32. The Bertz CT molecular complexity index is 300. The molecule has 0 aromatic carbocycles. The van der Waals surface area contributed by atoms with Gasteiger partial charge in [0, 0.05) is 0 Å². The van der Waals surface area contributed by atoms with Crippen LogP contribution in [-0.2, 0) is 4.79 Å². The maximum absolute atomic E-state index is 12.7. The van der Waals surface area contributed by atoms with Gasteiger partial charge in [0.2, 0.25) is 0 Å². The molecule has 9 heteroatoms. The van der Waals surface area contributed by atoms with Crippen molar-refractivity contribution in [2.75, 3.05) is 0 Å². The molecule has 0 atom stereocenters. The molecule has 0 fully saturated rings. The molecule has 0 saturated carbocycles. The Morgan fingerprint density at radius 2 is 1.21 bits per heavy atom. The van der Waals surface area contributed by atoms with Gasteiger partial charge in [-0.25, -0.2) is 0 Å². The molecule has 0 aromatic rings. The van der Waals surface area contributed by atoms with E-state index in [9.17, 15) is 27.6 Å². The summed E-state index contributed by atoms with van der Waals surface area (Å²) in [6.45, 7) is 6.19. The van der Waals surface area contributed by atoms with Gasteiger partial charge in [-0.1, -0.05) is 27.7 Å². The molecule has 19 heavy (non-hydrogen) atoms. The zero-order valence-electron chi connectivity index (χ0n) is 11.7. The van der Waals surface area contributed by atoms with E-state index in [0.717, 1.165) is 0 Å². The molecule has 1 amide bonds. The summed E-state index contributed by atoms with van der Waals surface area (Å²) in [5.41, 5.74) is 0. The van der Waals surface area contributed by atoms with E-state index in [1.54, 1.807) is 27.7 Å². The number of hydrogen-bond donors (Lipinski definition) is 2. The summed E-state index contributed by atoms with van der Waals surface area (Å²) in [7, 11) is -7.20. The Labute approximate surface area is 113 Å². The van der Waals surface area contributed by atoms with Gasteiger partial charge >= 0.3 is 12.1 Å². The van der Waals surface area contributed by atoms with Gasteiger partial charge < -0.3 is 13.8 Å². The summed E-state index contributed by atoms with van der Waals surface area (Å²) < 4.78 is 38.7. The molecule has 0 aliphatic rings. The summed E-state index contributed by atoms with van der Waals surface area (Å²) in [4.78, 5) is 32.5. The lowest BCUT2D eigenvalue weighted by molar-refractivity contribution is -0.178. The molecule has 0 aliphatic carbocycles. The van der Waals surface area contributed by atoms with E-state index in [4.69, 9.17) is 0 Å². The molecule has 114 valence electrons. The summed E-state index contributed by atoms with van der Waals surface area (Å²) in [6.07, 6.45) is -5.07. The van der Waals surface area contributed by atoms with Gasteiger partial charge in [0.1, 0.15) is 0 Å². The van der Waals surface area contributed by atoms with Crippen LogP contribution < -0.4 is 0 Å². The van der Waals surface area contributed by atoms with Gasteiger partial charge in [0.15, 0.2) is 0 Å². The molecule has 4 nitrogen and oxygen atoms in total. The van der Waals surface area contributed by atoms with Crippen LogP contribution in [0.5, 0.6) is 0 Å². The van der Waals surface area contributed by atoms with Gasteiger partial charge in [-0.3, -0.25) is 4.79 Å². The maximum Gasteiger partial charge on any atom is 0.469 e. The van der Waals surface area contributed by atoms with E-state index in [1.165, 1.54) is 0 Å². The van der Waals surface area contributed by atoms with Gasteiger partial charge in [0.05, 0.1) is 0 Å². The van der Waals surface area contributed by atoms with Crippen molar-refractivity contribution in [3.8, 4) is 0 Å².